The number of unbranched alkanes of at least 4 members (excludes halogenated alkanes) is 2. The molecular formula is C5H11O2. The van der Waals surface area contributed by atoms with Crippen molar-refractivity contribution in [1.82, 2.24) is 0 Å². The minimum atomic E-state index is 0.194. The van der Waals surface area contributed by atoms with Crippen molar-refractivity contribution < 1.29 is 10.2 Å². The highest BCUT2D eigenvalue weighted by Crippen LogP contribution is 1.88. The molecule has 0 bridgehead atoms. The molecule has 43 valence electrons. The van der Waals surface area contributed by atoms with Crippen molar-refractivity contribution in [2.45, 2.75) is 12.8 Å². The maximum absolute atomic E-state index is 8.18. The first-order valence-corrected chi connectivity index (χ1v) is 2.45. The summed E-state index contributed by atoms with van der Waals surface area (Å²) < 4.78 is 0. The molecule has 0 unspecified atom stereocenters. The molecule has 0 saturated heterocycles. The fraction of sp³-hybridized carbons (Fsp3) is 0.800. The van der Waals surface area contributed by atoms with Crippen LogP contribution in [0.5, 0.6) is 0 Å². The lowest BCUT2D eigenvalue weighted by Crippen LogP contribution is -1.86. The van der Waals surface area contributed by atoms with Crippen LogP contribution in [0.3, 0.4) is 0 Å². The van der Waals surface area contributed by atoms with E-state index in [1.807, 2.05) is 6.42 Å². The fourth-order valence-corrected chi connectivity index (χ4v) is 0.327. The van der Waals surface area contributed by atoms with Gasteiger partial charge in [0.25, 0.3) is 0 Å². The van der Waals surface area contributed by atoms with Crippen LogP contribution in [0.1, 0.15) is 12.8 Å². The minimum absolute atomic E-state index is 0.194. The first-order chi connectivity index (χ1) is 3.41. The molecule has 1 radical (unpaired) electrons. The first kappa shape index (κ1) is 6.92. The highest BCUT2D eigenvalue weighted by molar-refractivity contribution is 4.61. The number of hydrogen-bond donors (Lipinski definition) is 2. The second-order valence-corrected chi connectivity index (χ2v) is 1.31. The smallest absolute Gasteiger partial charge is 0.0433 e. The van der Waals surface area contributed by atoms with Gasteiger partial charge >= 0.3 is 0 Å². The summed E-state index contributed by atoms with van der Waals surface area (Å²) in [5.74, 6) is 0. The third kappa shape index (κ3) is 5.92. The highest BCUT2D eigenvalue weighted by atomic mass is 16.3. The van der Waals surface area contributed by atoms with Gasteiger partial charge in [0.2, 0.25) is 0 Å². The zero-order valence-electron chi connectivity index (χ0n) is 4.30. The van der Waals surface area contributed by atoms with E-state index in [0.29, 0.717) is 12.8 Å². The zero-order valence-corrected chi connectivity index (χ0v) is 4.30. The summed E-state index contributed by atoms with van der Waals surface area (Å²) in [5, 5.41) is 16.4. The second-order valence-electron chi connectivity index (χ2n) is 1.31. The van der Waals surface area contributed by atoms with Gasteiger partial charge in [0.15, 0.2) is 0 Å². The van der Waals surface area contributed by atoms with Crippen molar-refractivity contribution in [2.24, 2.45) is 0 Å². The van der Waals surface area contributed by atoms with Gasteiger partial charge in [0.05, 0.1) is 0 Å². The lowest BCUT2D eigenvalue weighted by atomic mass is 10.2. The average molecular weight is 103 g/mol. The molecule has 2 N–H and O–H groups in total. The van der Waals surface area contributed by atoms with E-state index in [9.17, 15) is 0 Å². The molecule has 0 aliphatic rings. The number of rotatable bonds is 4. The maximum Gasteiger partial charge on any atom is 0.0433 e. The Balaban J connectivity index is 2.45. The predicted molar refractivity (Wildman–Crippen MR) is 27.7 cm³/mol. The van der Waals surface area contributed by atoms with Crippen molar-refractivity contribution in [1.29, 1.82) is 0 Å². The van der Waals surface area contributed by atoms with Gasteiger partial charge in [-0.3, -0.25) is 0 Å². The van der Waals surface area contributed by atoms with E-state index in [-0.39, 0.29) is 13.2 Å². The summed E-state index contributed by atoms with van der Waals surface area (Å²) in [6, 6.07) is 0. The van der Waals surface area contributed by atoms with Crippen LogP contribution in [0.15, 0.2) is 0 Å². The fourth-order valence-electron chi connectivity index (χ4n) is 0.327. The van der Waals surface area contributed by atoms with Crippen LogP contribution in [-0.4, -0.2) is 23.4 Å². The molecule has 0 saturated carbocycles. The molecule has 0 heterocycles. The Labute approximate surface area is 43.8 Å². The van der Waals surface area contributed by atoms with Gasteiger partial charge in [-0.05, 0) is 19.3 Å². The van der Waals surface area contributed by atoms with Crippen molar-refractivity contribution in [3.63, 3.8) is 0 Å². The number of aliphatic hydroxyl groups is 2. The molecule has 0 atom stereocenters. The van der Waals surface area contributed by atoms with Crippen LogP contribution in [0, 0.1) is 6.42 Å². The second kappa shape index (κ2) is 5.92. The number of aliphatic hydroxyl groups excluding tert-OH is 2. The average Bonchev–Trinajstić information content (AvgIpc) is 1.69. The Morgan fingerprint density at radius 3 is 1.71 bits per heavy atom. The third-order valence-corrected chi connectivity index (χ3v) is 0.666. The molecule has 0 rings (SSSR count). The Morgan fingerprint density at radius 2 is 1.43 bits per heavy atom. The highest BCUT2D eigenvalue weighted by Gasteiger charge is 1.82. The predicted octanol–water partition coefficient (Wildman–Crippen LogP) is -0.0445. The molecule has 2 heteroatoms. The summed E-state index contributed by atoms with van der Waals surface area (Å²) >= 11 is 0. The standard InChI is InChI=1S/C5H11O2/c6-4-2-1-3-5-7/h1,6-7H,2-5H2. The molecule has 0 aliphatic heterocycles. The van der Waals surface area contributed by atoms with Crippen LogP contribution in [0.25, 0.3) is 0 Å². The summed E-state index contributed by atoms with van der Waals surface area (Å²) in [7, 11) is 0. The number of hydrogen-bond acceptors (Lipinski definition) is 2. The molecule has 2 nitrogen and oxygen atoms in total. The van der Waals surface area contributed by atoms with Crippen LogP contribution in [-0.2, 0) is 0 Å². The summed E-state index contributed by atoms with van der Waals surface area (Å²) in [4.78, 5) is 0. The molecule has 0 amide bonds. The molecule has 0 fully saturated rings. The Hall–Kier alpha value is -0.0800. The van der Waals surface area contributed by atoms with Crippen LogP contribution < -0.4 is 0 Å². The van der Waals surface area contributed by atoms with Crippen molar-refractivity contribution in [2.75, 3.05) is 13.2 Å². The van der Waals surface area contributed by atoms with Crippen LogP contribution in [0.4, 0.5) is 0 Å². The normalized spacial score (nSPS) is 9.43. The molecule has 0 aliphatic carbocycles. The van der Waals surface area contributed by atoms with Gasteiger partial charge < -0.3 is 10.2 Å². The van der Waals surface area contributed by atoms with E-state index < -0.39 is 0 Å². The van der Waals surface area contributed by atoms with Gasteiger partial charge in [0, 0.05) is 13.2 Å². The van der Waals surface area contributed by atoms with E-state index in [4.69, 9.17) is 10.2 Å². The Morgan fingerprint density at radius 1 is 1.00 bits per heavy atom. The SMILES string of the molecule is OCC[CH]CCO. The van der Waals surface area contributed by atoms with Gasteiger partial charge in [-0.2, -0.15) is 0 Å². The molecular weight excluding hydrogens is 92.1 g/mol. The van der Waals surface area contributed by atoms with Crippen molar-refractivity contribution in [3.8, 4) is 0 Å². The molecule has 0 spiro atoms. The summed E-state index contributed by atoms with van der Waals surface area (Å²) in [6.45, 7) is 0.389. The quantitative estimate of drug-likeness (QED) is 0.490. The molecule has 0 aromatic rings. The van der Waals surface area contributed by atoms with E-state index in [0.717, 1.165) is 0 Å². The van der Waals surface area contributed by atoms with Gasteiger partial charge in [-0.25, -0.2) is 0 Å². The zero-order chi connectivity index (χ0) is 5.54. The Kier molecular flexibility index (Phi) is 5.85. The summed E-state index contributed by atoms with van der Waals surface area (Å²) in [5.41, 5.74) is 0. The molecule has 7 heavy (non-hydrogen) atoms. The minimum Gasteiger partial charge on any atom is -0.396 e. The van der Waals surface area contributed by atoms with E-state index >= 15 is 0 Å². The van der Waals surface area contributed by atoms with Gasteiger partial charge in [-0.15, -0.1) is 0 Å². The summed E-state index contributed by atoms with van der Waals surface area (Å²) in [6.07, 6.45) is 3.25. The Bertz CT molecular complexity index is 25.3. The maximum atomic E-state index is 8.18. The van der Waals surface area contributed by atoms with E-state index in [1.165, 1.54) is 0 Å². The van der Waals surface area contributed by atoms with E-state index in [2.05, 4.69) is 0 Å². The molecule has 0 aromatic heterocycles. The first-order valence-electron chi connectivity index (χ1n) is 2.45. The van der Waals surface area contributed by atoms with Gasteiger partial charge in [-0.1, -0.05) is 0 Å². The lowest BCUT2D eigenvalue weighted by molar-refractivity contribution is 0.278. The molecule has 0 aromatic carbocycles. The van der Waals surface area contributed by atoms with E-state index in [1.54, 1.807) is 0 Å². The van der Waals surface area contributed by atoms with Crippen LogP contribution >= 0.6 is 0 Å². The van der Waals surface area contributed by atoms with Gasteiger partial charge in [0.1, 0.15) is 0 Å². The lowest BCUT2D eigenvalue weighted by Gasteiger charge is -1.89. The largest absolute Gasteiger partial charge is 0.396 e. The monoisotopic (exact) mass is 103 g/mol. The third-order valence-electron chi connectivity index (χ3n) is 0.666. The topological polar surface area (TPSA) is 40.5 Å². The van der Waals surface area contributed by atoms with Crippen LogP contribution in [0.2, 0.25) is 0 Å². The van der Waals surface area contributed by atoms with Crippen molar-refractivity contribution in [3.05, 3.63) is 6.42 Å². The van der Waals surface area contributed by atoms with Crippen molar-refractivity contribution >= 4 is 0 Å².